The maximum Gasteiger partial charge on any atom is 0.433 e. The van der Waals surface area contributed by atoms with E-state index in [-0.39, 0.29) is 30.4 Å². The van der Waals surface area contributed by atoms with Crippen LogP contribution in [-0.2, 0) is 12.6 Å². The third-order valence-electron chi connectivity index (χ3n) is 2.77. The number of carbonyl (C=O) groups is 1. The molecule has 22 heavy (non-hydrogen) atoms. The first kappa shape index (κ1) is 15.9. The van der Waals surface area contributed by atoms with Crippen molar-refractivity contribution in [3.05, 3.63) is 53.4 Å². The molecule has 0 aliphatic carbocycles. The molecule has 0 aliphatic rings. The first-order chi connectivity index (χ1) is 10.4. The smallest absolute Gasteiger partial charge is 0.352 e. The zero-order valence-corrected chi connectivity index (χ0v) is 11.7. The summed E-state index contributed by atoms with van der Waals surface area (Å²) in [6.07, 6.45) is -1.44. The van der Waals surface area contributed by atoms with Crippen molar-refractivity contribution >= 4 is 5.91 Å². The van der Waals surface area contributed by atoms with E-state index in [1.165, 1.54) is 19.3 Å². The number of alkyl halides is 3. The monoisotopic (exact) mass is 310 g/mol. The Hall–Kier alpha value is -2.51. The molecule has 5 nitrogen and oxygen atoms in total. The van der Waals surface area contributed by atoms with Crippen LogP contribution in [0.25, 0.3) is 0 Å². The molecule has 116 valence electrons. The lowest BCUT2D eigenvalue weighted by atomic mass is 10.2. The highest BCUT2D eigenvalue weighted by atomic mass is 19.4. The molecule has 2 heterocycles. The molecular formula is C14H13F3N4O. The topological polar surface area (TPSA) is 67.8 Å². The normalized spacial score (nSPS) is 11.3. The van der Waals surface area contributed by atoms with Crippen molar-refractivity contribution in [1.29, 1.82) is 0 Å². The largest absolute Gasteiger partial charge is 0.433 e. The summed E-state index contributed by atoms with van der Waals surface area (Å²) in [5, 5.41) is 2.60. The average Bonchev–Trinajstić information content (AvgIpc) is 2.46. The maximum atomic E-state index is 12.7. The maximum absolute atomic E-state index is 12.7. The first-order valence-corrected chi connectivity index (χ1v) is 6.46. The quantitative estimate of drug-likeness (QED) is 0.940. The van der Waals surface area contributed by atoms with Gasteiger partial charge in [0.1, 0.15) is 11.5 Å². The molecule has 0 radical (unpaired) electrons. The predicted octanol–water partition coefficient (Wildman–Crippen LogP) is 2.17. The summed E-state index contributed by atoms with van der Waals surface area (Å²) in [7, 11) is 0. The summed E-state index contributed by atoms with van der Waals surface area (Å²) in [6, 6.07) is 3.97. The highest BCUT2D eigenvalue weighted by Crippen LogP contribution is 2.27. The molecule has 1 N–H and O–H groups in total. The molecule has 0 fully saturated rings. The van der Waals surface area contributed by atoms with Gasteiger partial charge in [-0.05, 0) is 25.1 Å². The second kappa shape index (κ2) is 6.50. The van der Waals surface area contributed by atoms with Gasteiger partial charge >= 0.3 is 6.18 Å². The highest BCUT2D eigenvalue weighted by Gasteiger charge is 2.33. The van der Waals surface area contributed by atoms with Gasteiger partial charge in [-0.25, -0.2) is 9.97 Å². The van der Waals surface area contributed by atoms with Gasteiger partial charge in [-0.15, -0.1) is 0 Å². The molecule has 0 saturated heterocycles. The van der Waals surface area contributed by atoms with Crippen LogP contribution in [0.5, 0.6) is 0 Å². The van der Waals surface area contributed by atoms with Crippen molar-refractivity contribution in [2.45, 2.75) is 19.5 Å². The van der Waals surface area contributed by atoms with E-state index in [9.17, 15) is 18.0 Å². The summed E-state index contributed by atoms with van der Waals surface area (Å²) in [5.74, 6) is -0.284. The Balaban J connectivity index is 1.98. The Morgan fingerprint density at radius 1 is 1.23 bits per heavy atom. The van der Waals surface area contributed by atoms with Crippen LogP contribution in [0.1, 0.15) is 27.6 Å². The molecule has 1 amide bonds. The van der Waals surface area contributed by atoms with Gasteiger partial charge in [0.15, 0.2) is 0 Å². The van der Waals surface area contributed by atoms with Crippen LogP contribution in [0.3, 0.4) is 0 Å². The predicted molar refractivity (Wildman–Crippen MR) is 72.0 cm³/mol. The number of pyridine rings is 1. The van der Waals surface area contributed by atoms with Gasteiger partial charge in [-0.2, -0.15) is 13.2 Å². The summed E-state index contributed by atoms with van der Waals surface area (Å²) in [4.78, 5) is 23.0. The van der Waals surface area contributed by atoms with Gasteiger partial charge in [0, 0.05) is 36.6 Å². The summed E-state index contributed by atoms with van der Waals surface area (Å²) >= 11 is 0. The molecule has 8 heteroatoms. The Kier molecular flexibility index (Phi) is 4.69. The van der Waals surface area contributed by atoms with Gasteiger partial charge in [-0.3, -0.25) is 9.78 Å². The lowest BCUT2D eigenvalue weighted by Crippen LogP contribution is -2.26. The van der Waals surface area contributed by atoms with Crippen molar-refractivity contribution in [2.75, 3.05) is 6.54 Å². The van der Waals surface area contributed by atoms with E-state index in [1.807, 2.05) is 0 Å². The molecule has 0 saturated carbocycles. The molecule has 0 unspecified atom stereocenters. The SMILES string of the molecule is Cc1cc(C(F)(F)F)nc(CCNC(=O)c2ccncc2)n1. The van der Waals surface area contributed by atoms with E-state index in [2.05, 4.69) is 20.3 Å². The Morgan fingerprint density at radius 3 is 2.55 bits per heavy atom. The van der Waals surface area contributed by atoms with E-state index < -0.39 is 11.9 Å². The van der Waals surface area contributed by atoms with Crippen molar-refractivity contribution in [1.82, 2.24) is 20.3 Å². The fourth-order valence-corrected chi connectivity index (χ4v) is 1.78. The summed E-state index contributed by atoms with van der Waals surface area (Å²) < 4.78 is 38.0. The van der Waals surface area contributed by atoms with Crippen molar-refractivity contribution in [3.63, 3.8) is 0 Å². The second-order valence-electron chi connectivity index (χ2n) is 4.55. The minimum absolute atomic E-state index is 0.0438. The number of rotatable bonds is 4. The molecule has 0 bridgehead atoms. The van der Waals surface area contributed by atoms with Gasteiger partial charge in [0.25, 0.3) is 5.91 Å². The second-order valence-corrected chi connectivity index (χ2v) is 4.55. The lowest BCUT2D eigenvalue weighted by molar-refractivity contribution is -0.141. The number of amides is 1. The van der Waals surface area contributed by atoms with Crippen molar-refractivity contribution in [2.24, 2.45) is 0 Å². The number of halogens is 3. The van der Waals surface area contributed by atoms with Gasteiger partial charge < -0.3 is 5.32 Å². The number of hydrogen-bond donors (Lipinski definition) is 1. The van der Waals surface area contributed by atoms with Crippen LogP contribution in [0.2, 0.25) is 0 Å². The van der Waals surface area contributed by atoms with Crippen molar-refractivity contribution in [3.8, 4) is 0 Å². The first-order valence-electron chi connectivity index (χ1n) is 6.46. The summed E-state index contributed by atoms with van der Waals surface area (Å²) in [5.41, 5.74) is -0.315. The molecule has 0 atom stereocenters. The minimum atomic E-state index is -4.51. The zero-order valence-electron chi connectivity index (χ0n) is 11.7. The number of carbonyl (C=O) groups excluding carboxylic acids is 1. The lowest BCUT2D eigenvalue weighted by Gasteiger charge is -2.09. The van der Waals surface area contributed by atoms with Gasteiger partial charge in [0.2, 0.25) is 0 Å². The Labute approximate surface area is 124 Å². The molecule has 0 spiro atoms. The number of aromatic nitrogens is 3. The molecule has 2 aromatic heterocycles. The molecular weight excluding hydrogens is 297 g/mol. The van der Waals surface area contributed by atoms with Gasteiger partial charge in [0.05, 0.1) is 0 Å². The Morgan fingerprint density at radius 2 is 1.91 bits per heavy atom. The van der Waals surface area contributed by atoms with Crippen LogP contribution in [0.15, 0.2) is 30.6 Å². The average molecular weight is 310 g/mol. The van der Waals surface area contributed by atoms with Crippen LogP contribution in [-0.4, -0.2) is 27.4 Å². The van der Waals surface area contributed by atoms with E-state index in [1.54, 1.807) is 12.1 Å². The number of aryl methyl sites for hydroxylation is 1. The third kappa shape index (κ3) is 4.24. The Bertz CT molecular complexity index is 659. The van der Waals surface area contributed by atoms with Gasteiger partial charge in [-0.1, -0.05) is 0 Å². The van der Waals surface area contributed by atoms with Crippen LogP contribution in [0.4, 0.5) is 13.2 Å². The molecule has 2 aromatic rings. The fraction of sp³-hybridized carbons (Fsp3) is 0.286. The zero-order chi connectivity index (χ0) is 16.2. The highest BCUT2D eigenvalue weighted by molar-refractivity contribution is 5.93. The number of nitrogens with zero attached hydrogens (tertiary/aromatic N) is 3. The standard InChI is InChI=1S/C14H13F3N4O/c1-9-8-11(14(15,16)17)21-12(20-9)4-7-19-13(22)10-2-5-18-6-3-10/h2-3,5-6,8H,4,7H2,1H3,(H,19,22). The number of hydrogen-bond acceptors (Lipinski definition) is 4. The van der Waals surface area contributed by atoms with E-state index in [4.69, 9.17) is 0 Å². The van der Waals surface area contributed by atoms with Crippen LogP contribution in [0, 0.1) is 6.92 Å². The van der Waals surface area contributed by atoms with E-state index in [0.29, 0.717) is 5.56 Å². The van der Waals surface area contributed by atoms with Crippen molar-refractivity contribution < 1.29 is 18.0 Å². The minimum Gasteiger partial charge on any atom is -0.352 e. The third-order valence-corrected chi connectivity index (χ3v) is 2.77. The molecule has 0 aromatic carbocycles. The van der Waals surface area contributed by atoms with E-state index in [0.717, 1.165) is 6.07 Å². The molecule has 2 rings (SSSR count). The molecule has 0 aliphatic heterocycles. The van der Waals surface area contributed by atoms with Crippen LogP contribution >= 0.6 is 0 Å². The van der Waals surface area contributed by atoms with Crippen LogP contribution < -0.4 is 5.32 Å². The fourth-order valence-electron chi connectivity index (χ4n) is 1.78. The number of nitrogens with one attached hydrogen (secondary N) is 1. The summed E-state index contributed by atoms with van der Waals surface area (Å²) in [6.45, 7) is 1.61. The van der Waals surface area contributed by atoms with E-state index >= 15 is 0 Å².